The molecule has 0 aliphatic rings. The second-order valence-corrected chi connectivity index (χ2v) is 5.29. The minimum Gasteiger partial charge on any atom is -0.497 e. The normalized spacial score (nSPS) is 10.3. The zero-order valence-corrected chi connectivity index (χ0v) is 13.9. The minimum atomic E-state index is -1.39. The van der Waals surface area contributed by atoms with E-state index in [2.05, 4.69) is 4.98 Å². The number of nitriles is 1. The third-order valence-electron chi connectivity index (χ3n) is 3.70. The number of nitrogens with zero attached hydrogens (tertiary/aromatic N) is 3. The van der Waals surface area contributed by atoms with Gasteiger partial charge in [-0.3, -0.25) is 4.79 Å². The Balaban J connectivity index is 2.32. The molecule has 2 aromatic heterocycles. The monoisotopic (exact) mass is 351 g/mol. The average molecular weight is 351 g/mol. The van der Waals surface area contributed by atoms with Gasteiger partial charge in [-0.2, -0.15) is 5.26 Å². The van der Waals surface area contributed by atoms with Crippen molar-refractivity contribution in [1.29, 1.82) is 5.26 Å². The fourth-order valence-electron chi connectivity index (χ4n) is 2.63. The number of carbonyl (C=O) groups excluding carboxylic acids is 1. The van der Waals surface area contributed by atoms with Crippen LogP contribution in [-0.4, -0.2) is 33.7 Å². The second kappa shape index (κ2) is 6.57. The van der Waals surface area contributed by atoms with Gasteiger partial charge in [0, 0.05) is 24.2 Å². The van der Waals surface area contributed by atoms with Crippen LogP contribution in [0.25, 0.3) is 16.6 Å². The van der Waals surface area contributed by atoms with Gasteiger partial charge in [0.15, 0.2) is 17.1 Å². The van der Waals surface area contributed by atoms with Gasteiger partial charge >= 0.3 is 11.9 Å². The number of ether oxygens (including phenoxy) is 2. The lowest BCUT2D eigenvalue weighted by molar-refractivity contribution is -0.131. The quantitative estimate of drug-likeness (QED) is 0.718. The molecule has 1 N–H and O–H groups in total. The number of aromatic nitrogens is 2. The lowest BCUT2D eigenvalue weighted by atomic mass is 10.2. The number of fused-ring (bicyclic) bond motifs is 1. The third-order valence-corrected chi connectivity index (χ3v) is 3.70. The molecule has 0 saturated heterocycles. The SMILES string of the molecule is COc1ccc(-n2ccc3c(OC(C)=O)c(C(=O)O)nc(C#N)c32)cc1. The first-order valence-corrected chi connectivity index (χ1v) is 7.47. The maximum Gasteiger partial charge on any atom is 0.358 e. The van der Waals surface area contributed by atoms with Crippen molar-refractivity contribution < 1.29 is 24.2 Å². The van der Waals surface area contributed by atoms with E-state index in [9.17, 15) is 20.0 Å². The first-order valence-electron chi connectivity index (χ1n) is 7.47. The highest BCUT2D eigenvalue weighted by Gasteiger charge is 2.24. The van der Waals surface area contributed by atoms with Gasteiger partial charge in [0.05, 0.1) is 12.6 Å². The molecule has 0 aliphatic carbocycles. The Bertz CT molecular complexity index is 1060. The Kier molecular flexibility index (Phi) is 4.29. The number of carboxylic acid groups (broad SMARTS) is 1. The number of carboxylic acids is 1. The van der Waals surface area contributed by atoms with Crippen LogP contribution in [0.5, 0.6) is 11.5 Å². The minimum absolute atomic E-state index is 0.0888. The van der Waals surface area contributed by atoms with E-state index in [4.69, 9.17) is 9.47 Å². The molecule has 3 rings (SSSR count). The summed E-state index contributed by atoms with van der Waals surface area (Å²) in [6.07, 6.45) is 1.65. The Morgan fingerprint density at radius 1 is 1.23 bits per heavy atom. The molecular formula is C18H13N3O5. The maximum absolute atomic E-state index is 11.5. The molecule has 0 amide bonds. The van der Waals surface area contributed by atoms with Crippen molar-refractivity contribution >= 4 is 22.8 Å². The number of hydrogen-bond donors (Lipinski definition) is 1. The number of carbonyl (C=O) groups is 2. The number of pyridine rings is 1. The topological polar surface area (TPSA) is 114 Å². The first kappa shape index (κ1) is 17.0. The molecule has 0 unspecified atom stereocenters. The number of hydrogen-bond acceptors (Lipinski definition) is 6. The molecule has 1 aromatic carbocycles. The molecule has 0 radical (unpaired) electrons. The van der Waals surface area contributed by atoms with Gasteiger partial charge in [0.1, 0.15) is 11.8 Å². The molecular weight excluding hydrogens is 338 g/mol. The highest BCUT2D eigenvalue weighted by molar-refractivity contribution is 6.01. The Morgan fingerprint density at radius 2 is 1.92 bits per heavy atom. The van der Waals surface area contributed by atoms with Crippen molar-refractivity contribution in [3.63, 3.8) is 0 Å². The smallest absolute Gasteiger partial charge is 0.358 e. The van der Waals surface area contributed by atoms with E-state index in [1.54, 1.807) is 48.2 Å². The van der Waals surface area contributed by atoms with E-state index >= 15 is 0 Å². The predicted octanol–water partition coefficient (Wildman–Crippen LogP) is 2.53. The van der Waals surface area contributed by atoms with Crippen LogP contribution < -0.4 is 9.47 Å². The molecule has 0 bridgehead atoms. The van der Waals surface area contributed by atoms with Crippen molar-refractivity contribution in [3.8, 4) is 23.3 Å². The van der Waals surface area contributed by atoms with Crippen molar-refractivity contribution in [1.82, 2.24) is 9.55 Å². The molecule has 0 saturated carbocycles. The summed E-state index contributed by atoms with van der Waals surface area (Å²) in [4.78, 5) is 26.8. The largest absolute Gasteiger partial charge is 0.497 e. The molecule has 8 nitrogen and oxygen atoms in total. The van der Waals surface area contributed by atoms with Crippen LogP contribution in [-0.2, 0) is 4.79 Å². The number of rotatable bonds is 4. The van der Waals surface area contributed by atoms with E-state index in [0.29, 0.717) is 22.3 Å². The number of benzene rings is 1. The van der Waals surface area contributed by atoms with Gasteiger partial charge < -0.3 is 19.1 Å². The fourth-order valence-corrected chi connectivity index (χ4v) is 2.63. The second-order valence-electron chi connectivity index (χ2n) is 5.29. The van der Waals surface area contributed by atoms with Crippen molar-refractivity contribution in [2.24, 2.45) is 0 Å². The standard InChI is InChI=1S/C18H13N3O5/c1-10(22)26-17-13-7-8-21(11-3-5-12(25-2)6-4-11)16(13)14(9-19)20-15(17)18(23)24/h3-8H,1-2H3,(H,23,24). The van der Waals surface area contributed by atoms with Crippen molar-refractivity contribution in [2.45, 2.75) is 6.92 Å². The summed E-state index contributed by atoms with van der Waals surface area (Å²) in [7, 11) is 1.55. The number of esters is 1. The van der Waals surface area contributed by atoms with Crippen LogP contribution in [0.2, 0.25) is 0 Å². The van der Waals surface area contributed by atoms with Crippen LogP contribution in [0.15, 0.2) is 36.5 Å². The van der Waals surface area contributed by atoms with Crippen molar-refractivity contribution in [3.05, 3.63) is 47.9 Å². The zero-order chi connectivity index (χ0) is 18.8. The van der Waals surface area contributed by atoms with Gasteiger partial charge in [-0.1, -0.05) is 0 Å². The summed E-state index contributed by atoms with van der Waals surface area (Å²) < 4.78 is 11.9. The van der Waals surface area contributed by atoms with E-state index in [1.807, 2.05) is 6.07 Å². The summed E-state index contributed by atoms with van der Waals surface area (Å²) >= 11 is 0. The average Bonchev–Trinajstić information content (AvgIpc) is 3.06. The van der Waals surface area contributed by atoms with E-state index < -0.39 is 17.6 Å². The van der Waals surface area contributed by atoms with E-state index in [0.717, 1.165) is 6.92 Å². The van der Waals surface area contributed by atoms with Gasteiger partial charge in [0.25, 0.3) is 0 Å². The van der Waals surface area contributed by atoms with Crippen LogP contribution in [0, 0.1) is 11.3 Å². The van der Waals surface area contributed by atoms with Gasteiger partial charge in [-0.15, -0.1) is 0 Å². The van der Waals surface area contributed by atoms with Crippen LogP contribution >= 0.6 is 0 Å². The molecule has 8 heteroatoms. The molecule has 26 heavy (non-hydrogen) atoms. The lowest BCUT2D eigenvalue weighted by Crippen LogP contribution is -2.11. The van der Waals surface area contributed by atoms with Crippen LogP contribution in [0.1, 0.15) is 23.1 Å². The predicted molar refractivity (Wildman–Crippen MR) is 90.6 cm³/mol. The summed E-state index contributed by atoms with van der Waals surface area (Å²) in [6, 6.07) is 10.5. The third kappa shape index (κ3) is 2.82. The van der Waals surface area contributed by atoms with Gasteiger partial charge in [-0.25, -0.2) is 9.78 Å². The van der Waals surface area contributed by atoms with Crippen LogP contribution in [0.3, 0.4) is 0 Å². The Morgan fingerprint density at radius 3 is 2.46 bits per heavy atom. The lowest BCUT2D eigenvalue weighted by Gasteiger charge is -2.11. The molecule has 3 aromatic rings. The zero-order valence-electron chi connectivity index (χ0n) is 13.9. The highest BCUT2D eigenvalue weighted by atomic mass is 16.5. The number of methoxy groups -OCH3 is 1. The molecule has 0 spiro atoms. The first-order chi connectivity index (χ1) is 12.5. The Labute approximate surface area is 147 Å². The van der Waals surface area contributed by atoms with Crippen molar-refractivity contribution in [2.75, 3.05) is 7.11 Å². The molecule has 0 aliphatic heterocycles. The highest BCUT2D eigenvalue weighted by Crippen LogP contribution is 2.33. The Hall–Kier alpha value is -3.86. The summed E-state index contributed by atoms with van der Waals surface area (Å²) in [5, 5.41) is 19.1. The van der Waals surface area contributed by atoms with Gasteiger partial charge in [-0.05, 0) is 30.3 Å². The molecule has 130 valence electrons. The maximum atomic E-state index is 11.5. The molecule has 0 atom stereocenters. The van der Waals surface area contributed by atoms with Crippen LogP contribution in [0.4, 0.5) is 0 Å². The van der Waals surface area contributed by atoms with Gasteiger partial charge in [0.2, 0.25) is 0 Å². The van der Waals surface area contributed by atoms with E-state index in [1.165, 1.54) is 0 Å². The summed E-state index contributed by atoms with van der Waals surface area (Å²) in [6.45, 7) is 1.16. The fraction of sp³-hybridized carbons (Fsp3) is 0.111. The van der Waals surface area contributed by atoms with E-state index in [-0.39, 0.29) is 11.4 Å². The summed E-state index contributed by atoms with van der Waals surface area (Å²) in [5.41, 5.74) is 0.473. The molecule has 0 fully saturated rings. The number of aromatic carboxylic acids is 1. The molecule has 2 heterocycles. The summed E-state index contributed by atoms with van der Waals surface area (Å²) in [5.74, 6) is -1.60.